The minimum Gasteiger partial charge on any atom is -0.463 e. The number of nitrogens with one attached hydrogen (secondary N) is 1. The SMILES string of the molecule is CCOC(=O)/C=C/c1ccccc1NC(=O)CC[C@@]1(CC)CCCN(C(=O)OC(C)(C)C)C1=O. The minimum absolute atomic E-state index is 0.123. The number of rotatable bonds is 8. The van der Waals surface area contributed by atoms with Gasteiger partial charge in [-0.05, 0) is 71.1 Å². The molecule has 1 aliphatic rings. The Labute approximate surface area is 201 Å². The van der Waals surface area contributed by atoms with Crippen molar-refractivity contribution in [2.45, 2.75) is 72.3 Å². The van der Waals surface area contributed by atoms with Crippen LogP contribution >= 0.6 is 0 Å². The van der Waals surface area contributed by atoms with Crippen LogP contribution in [0.5, 0.6) is 0 Å². The summed E-state index contributed by atoms with van der Waals surface area (Å²) in [7, 11) is 0. The first-order chi connectivity index (χ1) is 16.0. The molecule has 0 saturated carbocycles. The van der Waals surface area contributed by atoms with E-state index in [0.29, 0.717) is 43.5 Å². The fourth-order valence-corrected chi connectivity index (χ4v) is 3.97. The summed E-state index contributed by atoms with van der Waals surface area (Å²) in [6.07, 6.45) is 4.53. The highest BCUT2D eigenvalue weighted by molar-refractivity contribution is 5.97. The van der Waals surface area contributed by atoms with E-state index in [2.05, 4.69) is 5.32 Å². The van der Waals surface area contributed by atoms with Crippen LogP contribution in [0.25, 0.3) is 6.08 Å². The molecule has 1 aliphatic heterocycles. The monoisotopic (exact) mass is 472 g/mol. The van der Waals surface area contributed by atoms with Gasteiger partial charge in [0, 0.05) is 24.7 Å². The van der Waals surface area contributed by atoms with Crippen LogP contribution in [0.15, 0.2) is 30.3 Å². The molecule has 1 atom stereocenters. The summed E-state index contributed by atoms with van der Waals surface area (Å²) in [5, 5.41) is 2.87. The largest absolute Gasteiger partial charge is 0.463 e. The van der Waals surface area contributed by atoms with Crippen molar-refractivity contribution in [3.63, 3.8) is 0 Å². The molecule has 1 saturated heterocycles. The number of likely N-dealkylation sites (tertiary alicyclic amines) is 1. The number of benzene rings is 1. The second kappa shape index (κ2) is 11.8. The van der Waals surface area contributed by atoms with Crippen molar-refractivity contribution < 1.29 is 28.7 Å². The lowest BCUT2D eigenvalue weighted by Crippen LogP contribution is -2.52. The molecule has 0 spiro atoms. The molecule has 1 N–H and O–H groups in total. The van der Waals surface area contributed by atoms with Gasteiger partial charge in [-0.25, -0.2) is 14.5 Å². The molecule has 3 amide bonds. The Bertz CT molecular complexity index is 933. The first kappa shape index (κ1) is 27.1. The lowest BCUT2D eigenvalue weighted by atomic mass is 9.73. The highest BCUT2D eigenvalue weighted by Crippen LogP contribution is 2.39. The van der Waals surface area contributed by atoms with Gasteiger partial charge >= 0.3 is 12.1 Å². The standard InChI is InChI=1S/C26H36N2O6/c1-6-26(16-10-18-28(23(26)31)24(32)34-25(3,4)5)17-15-21(29)27-20-12-9-8-11-19(20)13-14-22(30)33-7-2/h8-9,11-14H,6-7,10,15-18H2,1-5H3,(H,27,29)/b14-13+/t26-/m1/s1. The van der Waals surface area contributed by atoms with Crippen LogP contribution in [0.4, 0.5) is 10.5 Å². The van der Waals surface area contributed by atoms with E-state index in [4.69, 9.17) is 9.47 Å². The Kier molecular flexibility index (Phi) is 9.41. The lowest BCUT2D eigenvalue weighted by molar-refractivity contribution is -0.146. The van der Waals surface area contributed by atoms with E-state index in [0.717, 1.165) is 0 Å². The van der Waals surface area contributed by atoms with Crippen molar-refractivity contribution in [1.82, 2.24) is 4.90 Å². The topological polar surface area (TPSA) is 102 Å². The van der Waals surface area contributed by atoms with Crippen LogP contribution in [0.1, 0.15) is 72.3 Å². The Morgan fingerprint density at radius 2 is 1.88 bits per heavy atom. The normalized spacial score (nSPS) is 18.6. The molecule has 0 aliphatic carbocycles. The zero-order chi connectivity index (χ0) is 25.4. The lowest BCUT2D eigenvalue weighted by Gasteiger charge is -2.40. The fraction of sp³-hybridized carbons (Fsp3) is 0.538. The van der Waals surface area contributed by atoms with Gasteiger partial charge in [0.1, 0.15) is 5.60 Å². The molecule has 8 heteroatoms. The van der Waals surface area contributed by atoms with Crippen LogP contribution < -0.4 is 5.32 Å². The van der Waals surface area contributed by atoms with Crippen LogP contribution in [0.2, 0.25) is 0 Å². The van der Waals surface area contributed by atoms with Crippen molar-refractivity contribution in [3.05, 3.63) is 35.9 Å². The van der Waals surface area contributed by atoms with Gasteiger partial charge in [-0.2, -0.15) is 0 Å². The zero-order valence-electron chi connectivity index (χ0n) is 20.8. The number of carbonyl (C=O) groups excluding carboxylic acids is 4. The maximum atomic E-state index is 13.3. The maximum absolute atomic E-state index is 13.3. The predicted octanol–water partition coefficient (Wildman–Crippen LogP) is 4.94. The number of para-hydroxylation sites is 1. The highest BCUT2D eigenvalue weighted by atomic mass is 16.6. The van der Waals surface area contributed by atoms with Crippen molar-refractivity contribution in [1.29, 1.82) is 0 Å². The van der Waals surface area contributed by atoms with E-state index < -0.39 is 23.1 Å². The summed E-state index contributed by atoms with van der Waals surface area (Å²) in [6.45, 7) is 9.52. The second-order valence-electron chi connectivity index (χ2n) is 9.40. The summed E-state index contributed by atoms with van der Waals surface area (Å²) in [5.74, 6) is -0.980. The Morgan fingerprint density at radius 1 is 1.18 bits per heavy atom. The Hall–Kier alpha value is -3.16. The van der Waals surface area contributed by atoms with E-state index in [9.17, 15) is 19.2 Å². The number of ether oxygens (including phenoxy) is 2. The number of amides is 3. The Morgan fingerprint density at radius 3 is 2.53 bits per heavy atom. The predicted molar refractivity (Wildman–Crippen MR) is 130 cm³/mol. The van der Waals surface area contributed by atoms with E-state index in [-0.39, 0.29) is 24.8 Å². The third-order valence-electron chi connectivity index (χ3n) is 5.78. The Balaban J connectivity index is 2.06. The average molecular weight is 473 g/mol. The highest BCUT2D eigenvalue weighted by Gasteiger charge is 2.45. The smallest absolute Gasteiger partial charge is 0.417 e. The van der Waals surface area contributed by atoms with Gasteiger partial charge in [0.2, 0.25) is 11.8 Å². The number of carbonyl (C=O) groups is 4. The van der Waals surface area contributed by atoms with Gasteiger partial charge in [-0.3, -0.25) is 9.59 Å². The molecular weight excluding hydrogens is 436 g/mol. The van der Waals surface area contributed by atoms with Gasteiger partial charge in [0.05, 0.1) is 12.0 Å². The van der Waals surface area contributed by atoms with E-state index >= 15 is 0 Å². The molecule has 0 radical (unpaired) electrons. The van der Waals surface area contributed by atoms with Crippen molar-refractivity contribution >= 4 is 35.6 Å². The summed E-state index contributed by atoms with van der Waals surface area (Å²) < 4.78 is 10.3. The maximum Gasteiger partial charge on any atom is 0.417 e. The molecule has 2 rings (SSSR count). The van der Waals surface area contributed by atoms with Crippen molar-refractivity contribution in [2.75, 3.05) is 18.5 Å². The van der Waals surface area contributed by atoms with Crippen molar-refractivity contribution in [3.8, 4) is 0 Å². The summed E-state index contributed by atoms with van der Waals surface area (Å²) >= 11 is 0. The molecule has 1 heterocycles. The van der Waals surface area contributed by atoms with Crippen LogP contribution in [0, 0.1) is 5.41 Å². The van der Waals surface area contributed by atoms with Gasteiger partial charge in [0.15, 0.2) is 0 Å². The number of esters is 1. The minimum atomic E-state index is -0.782. The third-order valence-corrected chi connectivity index (χ3v) is 5.78. The number of hydrogen-bond acceptors (Lipinski definition) is 6. The number of imide groups is 1. The first-order valence-corrected chi connectivity index (χ1v) is 11.8. The molecule has 0 aromatic heterocycles. The molecule has 8 nitrogen and oxygen atoms in total. The number of piperidine rings is 1. The first-order valence-electron chi connectivity index (χ1n) is 11.8. The summed E-state index contributed by atoms with van der Waals surface area (Å²) in [4.78, 5) is 51.4. The second-order valence-corrected chi connectivity index (χ2v) is 9.40. The molecule has 1 fully saturated rings. The van der Waals surface area contributed by atoms with Gasteiger partial charge in [-0.1, -0.05) is 25.1 Å². The van der Waals surface area contributed by atoms with Crippen LogP contribution in [-0.4, -0.2) is 47.5 Å². The van der Waals surface area contributed by atoms with Crippen LogP contribution in [-0.2, 0) is 23.9 Å². The number of nitrogens with zero attached hydrogens (tertiary/aromatic N) is 1. The zero-order valence-corrected chi connectivity index (χ0v) is 20.8. The quantitative estimate of drug-likeness (QED) is 0.425. The van der Waals surface area contributed by atoms with E-state index in [1.807, 2.05) is 6.92 Å². The van der Waals surface area contributed by atoms with Crippen LogP contribution in [0.3, 0.4) is 0 Å². The molecule has 0 unspecified atom stereocenters. The van der Waals surface area contributed by atoms with E-state index in [1.165, 1.54) is 11.0 Å². The van der Waals surface area contributed by atoms with Gasteiger partial charge in [-0.15, -0.1) is 0 Å². The van der Waals surface area contributed by atoms with E-state index in [1.54, 1.807) is 58.0 Å². The molecule has 0 bridgehead atoms. The van der Waals surface area contributed by atoms with Gasteiger partial charge in [0.25, 0.3) is 0 Å². The fourth-order valence-electron chi connectivity index (χ4n) is 3.97. The number of anilines is 1. The molecule has 1 aromatic rings. The molecule has 34 heavy (non-hydrogen) atoms. The van der Waals surface area contributed by atoms with Crippen molar-refractivity contribution in [2.24, 2.45) is 5.41 Å². The molecular formula is C26H36N2O6. The van der Waals surface area contributed by atoms with Gasteiger partial charge < -0.3 is 14.8 Å². The third kappa shape index (κ3) is 7.43. The average Bonchev–Trinajstić information content (AvgIpc) is 2.77. The number of hydrogen-bond donors (Lipinski definition) is 1. The summed E-state index contributed by atoms with van der Waals surface area (Å²) in [6, 6.07) is 7.11. The molecule has 186 valence electrons. The summed E-state index contributed by atoms with van der Waals surface area (Å²) in [5.41, 5.74) is -0.253. The molecule has 1 aromatic carbocycles.